The number of imide groups is 3. The minimum Gasteiger partial charge on any atom is -0.444 e. The van der Waals surface area contributed by atoms with Crippen LogP contribution in [0.1, 0.15) is 82.6 Å². The maximum atomic E-state index is 13.4. The monoisotopic (exact) mass is 442 g/mol. The summed E-state index contributed by atoms with van der Waals surface area (Å²) in [4.78, 5) is 53.5. The predicted molar refractivity (Wildman–Crippen MR) is 114 cm³/mol. The molecular weight excluding hydrogens is 404 g/mol. The summed E-state index contributed by atoms with van der Waals surface area (Å²) in [6.45, 7) is 18.6. The lowest BCUT2D eigenvalue weighted by molar-refractivity contribution is -0.134. The van der Waals surface area contributed by atoms with Crippen LogP contribution in [-0.2, 0) is 19.0 Å². The van der Waals surface area contributed by atoms with E-state index in [-0.39, 0.29) is 18.4 Å². The molecule has 178 valence electrons. The van der Waals surface area contributed by atoms with Crippen LogP contribution in [0, 0.1) is 5.92 Å². The Balaban J connectivity index is 3.32. The lowest BCUT2D eigenvalue weighted by Gasteiger charge is -2.33. The Kier molecular flexibility index (Phi) is 7.79. The minimum absolute atomic E-state index is 0.0550. The Hall–Kier alpha value is -2.32. The molecule has 9 heteroatoms. The van der Waals surface area contributed by atoms with E-state index in [0.717, 1.165) is 0 Å². The third-order valence-corrected chi connectivity index (χ3v) is 4.46. The summed E-state index contributed by atoms with van der Waals surface area (Å²) >= 11 is 0. The van der Waals surface area contributed by atoms with Gasteiger partial charge in [-0.2, -0.15) is 0 Å². The number of carbonyl (C=O) groups is 4. The number of hydrogen-bond acceptors (Lipinski definition) is 7. The van der Waals surface area contributed by atoms with E-state index in [4.69, 9.17) is 14.2 Å². The molecule has 0 spiro atoms. The highest BCUT2D eigenvalue weighted by molar-refractivity contribution is 6.09. The topological polar surface area (TPSA) is 102 Å². The van der Waals surface area contributed by atoms with Crippen LogP contribution in [-0.4, -0.2) is 62.9 Å². The summed E-state index contributed by atoms with van der Waals surface area (Å²) in [7, 11) is 0. The quantitative estimate of drug-likeness (QED) is 0.541. The summed E-state index contributed by atoms with van der Waals surface area (Å²) in [6.07, 6.45) is -2.72. The Morgan fingerprint density at radius 2 is 1.13 bits per heavy atom. The average molecular weight is 443 g/mol. The fourth-order valence-corrected chi connectivity index (χ4v) is 3.07. The van der Waals surface area contributed by atoms with Gasteiger partial charge in [0.15, 0.2) is 0 Å². The zero-order valence-electron chi connectivity index (χ0n) is 20.7. The van der Waals surface area contributed by atoms with E-state index < -0.39 is 47.0 Å². The van der Waals surface area contributed by atoms with E-state index >= 15 is 0 Å². The zero-order valence-corrected chi connectivity index (χ0v) is 20.7. The maximum Gasteiger partial charge on any atom is 0.426 e. The smallest absolute Gasteiger partial charge is 0.426 e. The number of nitrogens with zero attached hydrogens (tertiary/aromatic N) is 2. The third-order valence-electron chi connectivity index (χ3n) is 4.46. The fourth-order valence-electron chi connectivity index (χ4n) is 3.07. The van der Waals surface area contributed by atoms with Crippen molar-refractivity contribution < 1.29 is 33.4 Å². The number of hydrogen-bond donors (Lipinski definition) is 0. The largest absolute Gasteiger partial charge is 0.444 e. The van der Waals surface area contributed by atoms with Crippen molar-refractivity contribution in [1.29, 1.82) is 0 Å². The van der Waals surface area contributed by atoms with Gasteiger partial charge in [0.05, 0.1) is 0 Å². The third kappa shape index (κ3) is 7.70. The number of likely N-dealkylation sites (tertiary alicyclic amines) is 1. The molecule has 0 aliphatic carbocycles. The molecule has 0 N–H and O–H groups in total. The molecule has 3 atom stereocenters. The van der Waals surface area contributed by atoms with Gasteiger partial charge in [-0.05, 0) is 81.6 Å². The summed E-state index contributed by atoms with van der Waals surface area (Å²) in [6, 6.07) is -1.40. The molecule has 1 heterocycles. The van der Waals surface area contributed by atoms with Gasteiger partial charge in [0.2, 0.25) is 0 Å². The number of ether oxygens (including phenoxy) is 3. The Morgan fingerprint density at radius 3 is 1.48 bits per heavy atom. The molecule has 1 aliphatic rings. The van der Waals surface area contributed by atoms with Crippen molar-refractivity contribution in [2.45, 2.75) is 111 Å². The molecule has 0 aromatic heterocycles. The molecule has 0 aromatic rings. The van der Waals surface area contributed by atoms with Gasteiger partial charge in [-0.1, -0.05) is 6.92 Å². The molecule has 4 amide bonds. The van der Waals surface area contributed by atoms with Crippen molar-refractivity contribution in [3.05, 3.63) is 0 Å². The highest BCUT2D eigenvalue weighted by Gasteiger charge is 2.49. The molecule has 9 nitrogen and oxygen atoms in total. The van der Waals surface area contributed by atoms with Crippen LogP contribution in [0.2, 0.25) is 0 Å². The first-order valence-corrected chi connectivity index (χ1v) is 10.5. The lowest BCUT2D eigenvalue weighted by Crippen LogP contribution is -2.55. The zero-order chi connectivity index (χ0) is 24.5. The highest BCUT2D eigenvalue weighted by Crippen LogP contribution is 2.33. The van der Waals surface area contributed by atoms with Crippen molar-refractivity contribution in [1.82, 2.24) is 9.80 Å². The second kappa shape index (κ2) is 9.04. The first kappa shape index (κ1) is 26.7. The van der Waals surface area contributed by atoms with E-state index in [0.29, 0.717) is 4.90 Å². The van der Waals surface area contributed by atoms with Gasteiger partial charge in [-0.3, -0.25) is 9.69 Å². The fraction of sp³-hybridized carbons (Fsp3) is 0.818. The average Bonchev–Trinajstić information content (AvgIpc) is 2.77. The number of carbonyl (C=O) groups excluding carboxylic acids is 4. The molecule has 0 radical (unpaired) electrons. The Labute approximate surface area is 185 Å². The van der Waals surface area contributed by atoms with E-state index in [1.807, 2.05) is 6.92 Å². The summed E-state index contributed by atoms with van der Waals surface area (Å²) < 4.78 is 16.0. The number of rotatable bonds is 1. The van der Waals surface area contributed by atoms with E-state index in [1.165, 1.54) is 4.90 Å². The first-order valence-electron chi connectivity index (χ1n) is 10.5. The van der Waals surface area contributed by atoms with Crippen LogP contribution >= 0.6 is 0 Å². The summed E-state index contributed by atoms with van der Waals surface area (Å²) in [5, 5.41) is 0. The molecular formula is C22H38N2O7. The molecule has 0 bridgehead atoms. The SMILES string of the molecule is C[C@H]1C[C@@H](C(=O)N(C(=O)OC(C)(C)C)C(=O)OC(C)(C)C)N(C(=O)OC(C)(C)C)[C@H]1C. The second-order valence-corrected chi connectivity index (χ2v) is 11.0. The van der Waals surface area contributed by atoms with Crippen LogP contribution < -0.4 is 0 Å². The van der Waals surface area contributed by atoms with Gasteiger partial charge in [0.1, 0.15) is 22.8 Å². The first-order chi connectivity index (χ1) is 13.7. The molecule has 1 saturated heterocycles. The molecule has 1 aliphatic heterocycles. The lowest BCUT2D eigenvalue weighted by atomic mass is 10.0. The van der Waals surface area contributed by atoms with Gasteiger partial charge in [0, 0.05) is 6.04 Å². The highest BCUT2D eigenvalue weighted by atomic mass is 16.6. The number of amides is 4. The van der Waals surface area contributed by atoms with Gasteiger partial charge in [0.25, 0.3) is 5.91 Å². The van der Waals surface area contributed by atoms with Crippen LogP contribution in [0.5, 0.6) is 0 Å². The van der Waals surface area contributed by atoms with Crippen LogP contribution in [0.4, 0.5) is 14.4 Å². The Bertz CT molecular complexity index is 685. The van der Waals surface area contributed by atoms with Gasteiger partial charge < -0.3 is 14.2 Å². The van der Waals surface area contributed by atoms with Crippen molar-refractivity contribution >= 4 is 24.2 Å². The molecule has 0 unspecified atom stereocenters. The van der Waals surface area contributed by atoms with Crippen molar-refractivity contribution in [2.24, 2.45) is 5.92 Å². The molecule has 1 fully saturated rings. The van der Waals surface area contributed by atoms with E-state index in [2.05, 4.69) is 0 Å². The standard InChI is InChI=1S/C22H38N2O7/c1-13-12-15(23(14(13)2)17(26)29-20(3,4)5)16(25)24(18(27)30-21(6,7)8)19(28)31-22(9,10)11/h13-15H,12H2,1-11H3/t13-,14-,15-/m0/s1. The molecule has 31 heavy (non-hydrogen) atoms. The Morgan fingerprint density at radius 1 is 0.742 bits per heavy atom. The van der Waals surface area contributed by atoms with Crippen molar-refractivity contribution in [3.8, 4) is 0 Å². The minimum atomic E-state index is -1.15. The molecule has 0 aromatic carbocycles. The normalized spacial score (nSPS) is 22.0. The molecule has 0 saturated carbocycles. The van der Waals surface area contributed by atoms with Crippen molar-refractivity contribution in [3.63, 3.8) is 0 Å². The summed E-state index contributed by atoms with van der Waals surface area (Å²) in [5.74, 6) is -0.939. The molecule has 1 rings (SSSR count). The van der Waals surface area contributed by atoms with Gasteiger partial charge in [-0.25, -0.2) is 14.4 Å². The second-order valence-electron chi connectivity index (χ2n) is 11.0. The van der Waals surface area contributed by atoms with Crippen LogP contribution in [0.25, 0.3) is 0 Å². The van der Waals surface area contributed by atoms with Gasteiger partial charge >= 0.3 is 18.3 Å². The van der Waals surface area contributed by atoms with Crippen LogP contribution in [0.15, 0.2) is 0 Å². The van der Waals surface area contributed by atoms with Crippen LogP contribution in [0.3, 0.4) is 0 Å². The van der Waals surface area contributed by atoms with E-state index in [9.17, 15) is 19.2 Å². The summed E-state index contributed by atoms with van der Waals surface area (Å²) in [5.41, 5.74) is -2.66. The maximum absolute atomic E-state index is 13.4. The predicted octanol–water partition coefficient (Wildman–Crippen LogP) is 4.72. The van der Waals surface area contributed by atoms with Gasteiger partial charge in [-0.15, -0.1) is 4.90 Å². The van der Waals surface area contributed by atoms with Crippen molar-refractivity contribution in [2.75, 3.05) is 0 Å². The van der Waals surface area contributed by atoms with E-state index in [1.54, 1.807) is 69.2 Å².